The lowest BCUT2D eigenvalue weighted by Crippen LogP contribution is -2.19. The Balaban J connectivity index is 3.26. The zero-order valence-corrected chi connectivity index (χ0v) is 8.98. The first-order valence-corrected chi connectivity index (χ1v) is 4.50. The van der Waals surface area contributed by atoms with Gasteiger partial charge in [-0.2, -0.15) is 0 Å². The van der Waals surface area contributed by atoms with Gasteiger partial charge in [0.15, 0.2) is 0 Å². The number of hydrogen-bond donors (Lipinski definition) is 2. The van der Waals surface area contributed by atoms with E-state index in [0.717, 1.165) is 0 Å². The number of nitrogens with zero attached hydrogens (tertiary/aromatic N) is 1. The number of aromatic nitrogens is 1. The highest BCUT2D eigenvalue weighted by Gasteiger charge is 2.13. The number of amides is 1. The molecule has 1 amide bonds. The maximum atomic E-state index is 11.0. The van der Waals surface area contributed by atoms with Gasteiger partial charge in [0, 0.05) is 6.20 Å². The number of hydrogen-bond acceptors (Lipinski definition) is 3. The van der Waals surface area contributed by atoms with Crippen LogP contribution in [0.3, 0.4) is 0 Å². The summed E-state index contributed by atoms with van der Waals surface area (Å²) in [5, 5.41) is 8.61. The Kier molecular flexibility index (Phi) is 3.24. The molecular weight excluding hydrogens is 259 g/mol. The van der Waals surface area contributed by atoms with E-state index in [9.17, 15) is 4.79 Å². The fourth-order valence-corrected chi connectivity index (χ4v) is 1.36. The lowest BCUT2D eigenvalue weighted by atomic mass is 10.2. The Morgan fingerprint density at radius 2 is 2.38 bits per heavy atom. The number of pyridine rings is 1. The molecule has 4 nitrogen and oxygen atoms in total. The first-order chi connectivity index (χ1) is 6.07. The van der Waals surface area contributed by atoms with Crippen molar-refractivity contribution < 1.29 is 10.0 Å². The second kappa shape index (κ2) is 4.04. The van der Waals surface area contributed by atoms with Gasteiger partial charge in [0.1, 0.15) is 0 Å². The summed E-state index contributed by atoms with van der Waals surface area (Å²) >= 11 is 8.98. The topological polar surface area (TPSA) is 62.2 Å². The van der Waals surface area contributed by atoms with E-state index >= 15 is 0 Å². The second-order valence-corrected chi connectivity index (χ2v) is 3.50. The van der Waals surface area contributed by atoms with Gasteiger partial charge in [-0.05, 0) is 22.9 Å². The first-order valence-electron chi connectivity index (χ1n) is 3.33. The molecule has 1 rings (SSSR count). The number of nitrogens with one attached hydrogen (secondary N) is 1. The largest absolute Gasteiger partial charge is 0.288 e. The SMILES string of the molecule is Cc1ncc(C(=O)NO)c(Cl)c1Br. The van der Waals surface area contributed by atoms with E-state index in [4.69, 9.17) is 16.8 Å². The Hall–Kier alpha value is -0.650. The molecule has 1 aromatic rings. The maximum Gasteiger partial charge on any atom is 0.277 e. The fourth-order valence-electron chi connectivity index (χ4n) is 0.770. The molecule has 0 radical (unpaired) electrons. The molecule has 0 fully saturated rings. The van der Waals surface area contributed by atoms with Crippen molar-refractivity contribution in [1.82, 2.24) is 10.5 Å². The standard InChI is InChI=1S/C7H6BrClN2O2/c1-3-5(8)6(9)4(2-10-3)7(12)11-13/h2,13H,1H3,(H,11,12). The van der Waals surface area contributed by atoms with Crippen LogP contribution in [0.5, 0.6) is 0 Å². The molecule has 0 aliphatic rings. The summed E-state index contributed by atoms with van der Waals surface area (Å²) in [6.45, 7) is 1.75. The predicted molar refractivity (Wildman–Crippen MR) is 50.9 cm³/mol. The molecule has 13 heavy (non-hydrogen) atoms. The first kappa shape index (κ1) is 10.4. The highest BCUT2D eigenvalue weighted by molar-refractivity contribution is 9.10. The van der Waals surface area contributed by atoms with Crippen LogP contribution in [-0.2, 0) is 0 Å². The van der Waals surface area contributed by atoms with Crippen LogP contribution in [-0.4, -0.2) is 16.1 Å². The number of carbonyl (C=O) groups excluding carboxylic acids is 1. The third-order valence-corrected chi connectivity index (χ3v) is 3.07. The van der Waals surface area contributed by atoms with Crippen LogP contribution < -0.4 is 5.48 Å². The van der Waals surface area contributed by atoms with E-state index in [-0.39, 0.29) is 10.6 Å². The molecule has 1 heterocycles. The van der Waals surface area contributed by atoms with Crippen molar-refractivity contribution in [3.05, 3.63) is 26.9 Å². The van der Waals surface area contributed by atoms with Crippen LogP contribution in [0, 0.1) is 6.92 Å². The summed E-state index contributed by atoms with van der Waals surface area (Å²) in [4.78, 5) is 14.9. The average Bonchev–Trinajstić information content (AvgIpc) is 2.13. The van der Waals surface area contributed by atoms with Gasteiger partial charge in [0.05, 0.1) is 20.8 Å². The zero-order valence-electron chi connectivity index (χ0n) is 6.64. The van der Waals surface area contributed by atoms with Crippen LogP contribution in [0.4, 0.5) is 0 Å². The van der Waals surface area contributed by atoms with Crippen LogP contribution in [0.1, 0.15) is 16.1 Å². The van der Waals surface area contributed by atoms with Crippen molar-refractivity contribution in [2.45, 2.75) is 6.92 Å². The van der Waals surface area contributed by atoms with E-state index in [0.29, 0.717) is 10.2 Å². The van der Waals surface area contributed by atoms with E-state index in [1.165, 1.54) is 11.7 Å². The predicted octanol–water partition coefficient (Wildman–Crippen LogP) is 1.92. The normalized spacial score (nSPS) is 9.85. The van der Waals surface area contributed by atoms with E-state index < -0.39 is 5.91 Å². The summed E-state index contributed by atoms with van der Waals surface area (Å²) in [5.41, 5.74) is 2.29. The highest BCUT2D eigenvalue weighted by atomic mass is 79.9. The van der Waals surface area contributed by atoms with Gasteiger partial charge in [-0.25, -0.2) is 5.48 Å². The number of aryl methyl sites for hydroxylation is 1. The van der Waals surface area contributed by atoms with Crippen LogP contribution in [0.25, 0.3) is 0 Å². The van der Waals surface area contributed by atoms with Crippen LogP contribution in [0.2, 0.25) is 5.02 Å². The van der Waals surface area contributed by atoms with Gasteiger partial charge >= 0.3 is 0 Å². The van der Waals surface area contributed by atoms with Crippen LogP contribution in [0.15, 0.2) is 10.7 Å². The summed E-state index contributed by atoms with van der Waals surface area (Å²) in [6, 6.07) is 0. The molecule has 0 atom stereocenters. The number of hydroxylamine groups is 1. The van der Waals surface area contributed by atoms with Crippen molar-refractivity contribution in [3.63, 3.8) is 0 Å². The van der Waals surface area contributed by atoms with E-state index in [1.807, 2.05) is 0 Å². The van der Waals surface area contributed by atoms with Crippen molar-refractivity contribution in [1.29, 1.82) is 0 Å². The van der Waals surface area contributed by atoms with E-state index in [2.05, 4.69) is 20.9 Å². The third-order valence-electron chi connectivity index (χ3n) is 1.48. The van der Waals surface area contributed by atoms with Crippen molar-refractivity contribution in [2.24, 2.45) is 0 Å². The molecule has 0 spiro atoms. The Bertz CT molecular complexity index is 357. The maximum absolute atomic E-state index is 11.0. The smallest absolute Gasteiger partial charge is 0.277 e. The minimum absolute atomic E-state index is 0.127. The molecular formula is C7H6BrClN2O2. The zero-order chi connectivity index (χ0) is 10.0. The summed E-state index contributed by atoms with van der Waals surface area (Å²) < 4.78 is 0.551. The molecule has 6 heteroatoms. The monoisotopic (exact) mass is 264 g/mol. The molecule has 0 unspecified atom stereocenters. The average molecular weight is 265 g/mol. The van der Waals surface area contributed by atoms with Crippen molar-refractivity contribution in [3.8, 4) is 0 Å². The molecule has 0 aromatic carbocycles. The van der Waals surface area contributed by atoms with Gasteiger partial charge in [0.2, 0.25) is 0 Å². The number of carbonyl (C=O) groups is 1. The second-order valence-electron chi connectivity index (χ2n) is 2.33. The fraction of sp³-hybridized carbons (Fsp3) is 0.143. The van der Waals surface area contributed by atoms with Gasteiger partial charge in [-0.3, -0.25) is 15.0 Å². The van der Waals surface area contributed by atoms with E-state index in [1.54, 1.807) is 6.92 Å². The number of rotatable bonds is 1. The molecule has 70 valence electrons. The summed E-state index contributed by atoms with van der Waals surface area (Å²) in [6.07, 6.45) is 1.30. The summed E-state index contributed by atoms with van der Waals surface area (Å²) in [7, 11) is 0. The lowest BCUT2D eigenvalue weighted by Gasteiger charge is -2.04. The Morgan fingerprint density at radius 1 is 1.77 bits per heavy atom. The Morgan fingerprint density at radius 3 is 2.92 bits per heavy atom. The van der Waals surface area contributed by atoms with Gasteiger partial charge in [-0.1, -0.05) is 11.6 Å². The quantitative estimate of drug-likeness (QED) is 0.602. The minimum Gasteiger partial charge on any atom is -0.288 e. The molecule has 2 N–H and O–H groups in total. The van der Waals surface area contributed by atoms with Crippen molar-refractivity contribution in [2.75, 3.05) is 0 Å². The van der Waals surface area contributed by atoms with Crippen LogP contribution >= 0.6 is 27.5 Å². The Labute approximate surface area is 88.0 Å². The van der Waals surface area contributed by atoms with Crippen molar-refractivity contribution >= 4 is 33.4 Å². The molecule has 1 aromatic heterocycles. The number of halogens is 2. The molecule has 0 aliphatic heterocycles. The minimum atomic E-state index is -0.682. The third kappa shape index (κ3) is 1.99. The van der Waals surface area contributed by atoms with Gasteiger partial charge in [0.25, 0.3) is 5.91 Å². The lowest BCUT2D eigenvalue weighted by molar-refractivity contribution is 0.0706. The highest BCUT2D eigenvalue weighted by Crippen LogP contribution is 2.27. The molecule has 0 aliphatic carbocycles. The summed E-state index contributed by atoms with van der Waals surface area (Å²) in [5.74, 6) is -0.682. The molecule has 0 saturated heterocycles. The molecule has 0 saturated carbocycles. The molecule has 0 bridgehead atoms. The van der Waals surface area contributed by atoms with Gasteiger partial charge in [-0.15, -0.1) is 0 Å². The van der Waals surface area contributed by atoms with Gasteiger partial charge < -0.3 is 0 Å².